The van der Waals surface area contributed by atoms with Crippen LogP contribution < -0.4 is 11.1 Å². The van der Waals surface area contributed by atoms with Crippen LogP contribution in [0.5, 0.6) is 0 Å². The molecule has 0 spiro atoms. The molecule has 0 aliphatic rings. The van der Waals surface area contributed by atoms with Gasteiger partial charge in [0.15, 0.2) is 0 Å². The van der Waals surface area contributed by atoms with Crippen molar-refractivity contribution in [2.75, 3.05) is 12.3 Å². The second-order valence-corrected chi connectivity index (χ2v) is 7.09. The molecule has 0 fully saturated rings. The number of benzene rings is 1. The molecular formula is C25H31ClN4O. The highest BCUT2D eigenvalue weighted by Gasteiger charge is 2.11. The van der Waals surface area contributed by atoms with Gasteiger partial charge in [0, 0.05) is 28.7 Å². The Kier molecular flexibility index (Phi) is 11.0. The third kappa shape index (κ3) is 8.60. The fourth-order valence-corrected chi connectivity index (χ4v) is 2.71. The second kappa shape index (κ2) is 13.2. The van der Waals surface area contributed by atoms with Crippen LogP contribution in [0.15, 0.2) is 73.1 Å². The number of nitrogens with one attached hydrogen (secondary N) is 2. The van der Waals surface area contributed by atoms with E-state index in [0.717, 1.165) is 23.1 Å². The van der Waals surface area contributed by atoms with E-state index in [1.807, 2.05) is 32.9 Å². The highest BCUT2D eigenvalue weighted by molar-refractivity contribution is 6.31. The lowest BCUT2D eigenvalue weighted by Gasteiger charge is -2.10. The minimum atomic E-state index is -0.315. The van der Waals surface area contributed by atoms with Crippen LogP contribution in [-0.2, 0) is 6.42 Å². The molecule has 2 rings (SSSR count). The molecule has 1 aromatic carbocycles. The molecule has 4 N–H and O–H groups in total. The maximum atomic E-state index is 12.5. The summed E-state index contributed by atoms with van der Waals surface area (Å²) in [5.41, 5.74) is 10.2. The Morgan fingerprint density at radius 2 is 1.87 bits per heavy atom. The molecule has 0 bridgehead atoms. The summed E-state index contributed by atoms with van der Waals surface area (Å²) < 4.78 is 0. The van der Waals surface area contributed by atoms with Crippen molar-refractivity contribution in [3.8, 4) is 0 Å². The number of aromatic nitrogens is 1. The number of carbonyl (C=O) groups excluding carboxylic acids is 1. The zero-order valence-electron chi connectivity index (χ0n) is 18.5. The Bertz CT molecular complexity index is 979. The smallest absolute Gasteiger partial charge is 0.253 e. The van der Waals surface area contributed by atoms with Crippen LogP contribution in [0.3, 0.4) is 0 Å². The molecule has 0 atom stereocenters. The molecule has 1 amide bonds. The average molecular weight is 439 g/mol. The summed E-state index contributed by atoms with van der Waals surface area (Å²) in [5, 5.41) is 11.4. The monoisotopic (exact) mass is 438 g/mol. The van der Waals surface area contributed by atoms with Gasteiger partial charge in [-0.25, -0.2) is 0 Å². The topological polar surface area (TPSA) is 91.9 Å². The van der Waals surface area contributed by atoms with E-state index in [1.165, 1.54) is 6.20 Å². The normalized spacial score (nSPS) is 10.2. The number of pyridine rings is 1. The number of allylic oxidation sites excluding steroid dienone is 4. The molecule has 1 aromatic heterocycles. The summed E-state index contributed by atoms with van der Waals surface area (Å²) in [5.74, 6) is -0.315. The van der Waals surface area contributed by atoms with Gasteiger partial charge < -0.3 is 16.5 Å². The van der Waals surface area contributed by atoms with Gasteiger partial charge in [0.2, 0.25) is 0 Å². The van der Waals surface area contributed by atoms with Gasteiger partial charge >= 0.3 is 0 Å². The predicted molar refractivity (Wildman–Crippen MR) is 132 cm³/mol. The van der Waals surface area contributed by atoms with Gasteiger partial charge in [-0.05, 0) is 42.7 Å². The zero-order valence-corrected chi connectivity index (χ0v) is 19.2. The molecule has 0 saturated heterocycles. The molecule has 2 aromatic rings. The highest BCUT2D eigenvalue weighted by Crippen LogP contribution is 2.18. The van der Waals surface area contributed by atoms with Crippen molar-refractivity contribution < 1.29 is 4.79 Å². The van der Waals surface area contributed by atoms with Crippen molar-refractivity contribution in [3.63, 3.8) is 0 Å². The minimum absolute atomic E-state index is 0.0299. The Labute approximate surface area is 190 Å². The van der Waals surface area contributed by atoms with Crippen LogP contribution in [0.2, 0.25) is 5.02 Å². The number of hydrogen-bond acceptors (Lipinski definition) is 4. The molecule has 0 saturated carbocycles. The van der Waals surface area contributed by atoms with Gasteiger partial charge in [0.25, 0.3) is 5.91 Å². The van der Waals surface area contributed by atoms with Gasteiger partial charge in [0.05, 0.1) is 17.8 Å². The van der Waals surface area contributed by atoms with Gasteiger partial charge in [-0.3, -0.25) is 9.78 Å². The van der Waals surface area contributed by atoms with Crippen LogP contribution in [0, 0.1) is 5.41 Å². The molecule has 0 unspecified atom stereocenters. The summed E-state index contributed by atoms with van der Waals surface area (Å²) in [6, 6.07) is 6.68. The number of anilines is 1. The van der Waals surface area contributed by atoms with E-state index in [9.17, 15) is 4.79 Å². The number of hydrogen-bond donors (Lipinski definition) is 3. The quantitative estimate of drug-likeness (QED) is 0.264. The van der Waals surface area contributed by atoms with Crippen molar-refractivity contribution >= 4 is 28.9 Å². The molecule has 0 aliphatic heterocycles. The second-order valence-electron chi connectivity index (χ2n) is 6.65. The molecule has 0 radical (unpaired) electrons. The van der Waals surface area contributed by atoms with Crippen molar-refractivity contribution in [1.29, 1.82) is 5.41 Å². The van der Waals surface area contributed by atoms with Crippen molar-refractivity contribution in [1.82, 2.24) is 10.3 Å². The maximum Gasteiger partial charge on any atom is 0.253 e. The summed E-state index contributed by atoms with van der Waals surface area (Å²) in [4.78, 5) is 16.6. The molecule has 0 aliphatic carbocycles. The first kappa shape index (κ1) is 25.9. The largest absolute Gasteiger partial charge is 0.398 e. The van der Waals surface area contributed by atoms with Gasteiger partial charge in [-0.1, -0.05) is 68.8 Å². The van der Waals surface area contributed by atoms with Gasteiger partial charge in [0.1, 0.15) is 0 Å². The maximum absolute atomic E-state index is 12.5. The van der Waals surface area contributed by atoms with E-state index in [4.69, 9.17) is 22.7 Å². The number of nitrogen functional groups attached to an aromatic ring is 1. The highest BCUT2D eigenvalue weighted by atomic mass is 35.5. The summed E-state index contributed by atoms with van der Waals surface area (Å²) in [7, 11) is 0. The van der Waals surface area contributed by atoms with Crippen molar-refractivity contribution in [3.05, 3.63) is 94.8 Å². The van der Waals surface area contributed by atoms with Crippen LogP contribution in [-0.4, -0.2) is 23.1 Å². The average Bonchev–Trinajstić information content (AvgIpc) is 2.78. The number of nitrogens with zero attached hydrogens (tertiary/aromatic N) is 1. The number of amides is 1. The van der Waals surface area contributed by atoms with E-state index in [-0.39, 0.29) is 18.2 Å². The standard InChI is InChI=1S/C23H25ClN4O.C2H6/c1-4-15(2)5-6-16(3)9-17-10-18(13-27-12-17)23(29)28-14-22(26)20-11-19(24)7-8-21(20)25;1-2/h5-8,10-13,26H,2-4,9,14,25H2,1H3,(H,28,29);1-2H3/b6-5-,26-22?;. The first-order chi connectivity index (χ1) is 14.8. The summed E-state index contributed by atoms with van der Waals surface area (Å²) in [6.45, 7) is 14.0. The lowest BCUT2D eigenvalue weighted by atomic mass is 10.0. The summed E-state index contributed by atoms with van der Waals surface area (Å²) in [6.07, 6.45) is 8.54. The fourth-order valence-electron chi connectivity index (χ4n) is 2.54. The third-order valence-electron chi connectivity index (χ3n) is 4.26. The molecule has 6 heteroatoms. The van der Waals surface area contributed by atoms with Crippen molar-refractivity contribution in [2.45, 2.75) is 33.6 Å². The number of carbonyl (C=O) groups is 1. The first-order valence-corrected chi connectivity index (χ1v) is 10.6. The molecule has 1 heterocycles. The minimum Gasteiger partial charge on any atom is -0.398 e. The zero-order chi connectivity index (χ0) is 23.4. The first-order valence-electron chi connectivity index (χ1n) is 10.2. The fraction of sp³-hybridized carbons (Fsp3) is 0.240. The van der Waals surface area contributed by atoms with E-state index in [1.54, 1.807) is 30.5 Å². The molecule has 164 valence electrons. The number of nitrogens with two attached hydrogens (primary N) is 1. The van der Waals surface area contributed by atoms with Crippen LogP contribution in [0.4, 0.5) is 5.69 Å². The number of rotatable bonds is 9. The lowest BCUT2D eigenvalue weighted by molar-refractivity contribution is 0.0959. The van der Waals surface area contributed by atoms with Crippen LogP contribution in [0.25, 0.3) is 0 Å². The van der Waals surface area contributed by atoms with E-state index < -0.39 is 0 Å². The Balaban J connectivity index is 0.00000233. The Morgan fingerprint density at radius 3 is 2.55 bits per heavy atom. The van der Waals surface area contributed by atoms with Gasteiger partial charge in [-0.15, -0.1) is 0 Å². The predicted octanol–water partition coefficient (Wildman–Crippen LogP) is 5.76. The summed E-state index contributed by atoms with van der Waals surface area (Å²) >= 11 is 5.96. The SMILES string of the molecule is C=C(/C=C\C(=C)Cc1cncc(C(=O)NCC(=N)c2cc(Cl)ccc2N)c1)CC.CC. The third-order valence-corrected chi connectivity index (χ3v) is 4.50. The van der Waals surface area contributed by atoms with Crippen molar-refractivity contribution in [2.24, 2.45) is 0 Å². The van der Waals surface area contributed by atoms with E-state index >= 15 is 0 Å². The Morgan fingerprint density at radius 1 is 1.19 bits per heavy atom. The van der Waals surface area contributed by atoms with E-state index in [0.29, 0.717) is 28.3 Å². The molecule has 5 nitrogen and oxygen atoms in total. The molecule has 31 heavy (non-hydrogen) atoms. The van der Waals surface area contributed by atoms with Crippen LogP contribution in [0.1, 0.15) is 48.7 Å². The Hall–Kier alpha value is -3.18. The number of halogens is 1. The lowest BCUT2D eigenvalue weighted by Crippen LogP contribution is -2.30. The van der Waals surface area contributed by atoms with Crippen LogP contribution >= 0.6 is 11.6 Å². The van der Waals surface area contributed by atoms with Gasteiger partial charge in [-0.2, -0.15) is 0 Å². The molecular weight excluding hydrogens is 408 g/mol. The van der Waals surface area contributed by atoms with E-state index in [2.05, 4.69) is 23.5 Å².